The van der Waals surface area contributed by atoms with E-state index < -0.39 is 16.1 Å². The number of carbonyl (C=O) groups excluding carboxylic acids is 1. The third-order valence-electron chi connectivity index (χ3n) is 4.86. The second-order valence-corrected chi connectivity index (χ2v) is 9.44. The van der Waals surface area contributed by atoms with Gasteiger partial charge in [-0.3, -0.25) is 4.79 Å². The van der Waals surface area contributed by atoms with Gasteiger partial charge in [0.05, 0.1) is 18.0 Å². The van der Waals surface area contributed by atoms with Crippen LogP contribution in [0, 0.1) is 0 Å². The Labute approximate surface area is 179 Å². The third-order valence-corrected chi connectivity index (χ3v) is 6.94. The topological polar surface area (TPSA) is 79.0 Å². The highest BCUT2D eigenvalue weighted by Gasteiger charge is 2.28. The predicted molar refractivity (Wildman–Crippen MR) is 116 cm³/mol. The van der Waals surface area contributed by atoms with Crippen LogP contribution in [0.3, 0.4) is 0 Å². The number of hydrogen-bond acceptors (Lipinski definition) is 5. The van der Waals surface area contributed by atoms with Crippen molar-refractivity contribution in [3.8, 4) is 5.75 Å². The van der Waals surface area contributed by atoms with E-state index in [0.29, 0.717) is 26.2 Å². The molecule has 1 N–H and O–H groups in total. The number of ether oxygens (including phenoxy) is 1. The smallest absolute Gasteiger partial charge is 0.241 e. The summed E-state index contributed by atoms with van der Waals surface area (Å²) in [6, 6.07) is 13.3. The average Bonchev–Trinajstić information content (AvgIpc) is 2.73. The standard InChI is InChI=1S/C20H24BrN3O4S/c1-15(22-29(26,27)19-9-3-16(21)4-10-19)20(25)24-13-11-23(12-14-24)17-5-7-18(28-2)8-6-17/h3-10,15,22H,11-14H2,1-2H3/t15-/m0/s1. The first-order valence-corrected chi connectivity index (χ1v) is 11.5. The van der Waals surface area contributed by atoms with Crippen molar-refractivity contribution in [2.24, 2.45) is 0 Å². The third kappa shape index (κ3) is 5.29. The molecule has 0 aromatic heterocycles. The number of nitrogens with one attached hydrogen (secondary N) is 1. The van der Waals surface area contributed by atoms with E-state index in [-0.39, 0.29) is 10.8 Å². The zero-order valence-electron chi connectivity index (χ0n) is 16.3. The number of nitrogens with zero attached hydrogens (tertiary/aromatic N) is 2. The number of carbonyl (C=O) groups is 1. The molecule has 2 aromatic carbocycles. The molecule has 3 rings (SSSR count). The normalized spacial score (nSPS) is 15.8. The van der Waals surface area contributed by atoms with E-state index in [0.717, 1.165) is 15.9 Å². The summed E-state index contributed by atoms with van der Waals surface area (Å²) >= 11 is 3.28. The molecule has 2 aromatic rings. The quantitative estimate of drug-likeness (QED) is 0.685. The Morgan fingerprint density at radius 2 is 1.62 bits per heavy atom. The van der Waals surface area contributed by atoms with Crippen LogP contribution in [0.2, 0.25) is 0 Å². The van der Waals surface area contributed by atoms with Crippen molar-refractivity contribution in [1.82, 2.24) is 9.62 Å². The van der Waals surface area contributed by atoms with E-state index in [9.17, 15) is 13.2 Å². The SMILES string of the molecule is COc1ccc(N2CCN(C(=O)[C@H](C)NS(=O)(=O)c3ccc(Br)cc3)CC2)cc1. The zero-order valence-corrected chi connectivity index (χ0v) is 18.7. The molecule has 1 fully saturated rings. The van der Waals surface area contributed by atoms with Gasteiger partial charge >= 0.3 is 0 Å². The van der Waals surface area contributed by atoms with Crippen LogP contribution in [0.15, 0.2) is 57.9 Å². The number of hydrogen-bond donors (Lipinski definition) is 1. The molecular weight excluding hydrogens is 458 g/mol. The number of sulfonamides is 1. The summed E-state index contributed by atoms with van der Waals surface area (Å²) in [4.78, 5) is 16.8. The Kier molecular flexibility index (Phi) is 6.81. The van der Waals surface area contributed by atoms with Crippen molar-refractivity contribution in [3.05, 3.63) is 53.0 Å². The van der Waals surface area contributed by atoms with Crippen LogP contribution < -0.4 is 14.4 Å². The molecule has 1 saturated heterocycles. The van der Waals surface area contributed by atoms with E-state index >= 15 is 0 Å². The Morgan fingerprint density at radius 1 is 1.03 bits per heavy atom. The fourth-order valence-electron chi connectivity index (χ4n) is 3.22. The monoisotopic (exact) mass is 481 g/mol. The highest BCUT2D eigenvalue weighted by atomic mass is 79.9. The molecule has 9 heteroatoms. The molecule has 29 heavy (non-hydrogen) atoms. The fraction of sp³-hybridized carbons (Fsp3) is 0.350. The molecule has 0 spiro atoms. The summed E-state index contributed by atoms with van der Waals surface area (Å²) in [5.74, 6) is 0.578. The van der Waals surface area contributed by atoms with E-state index in [1.165, 1.54) is 12.1 Å². The molecule has 7 nitrogen and oxygen atoms in total. The number of rotatable bonds is 6. The summed E-state index contributed by atoms with van der Waals surface area (Å²) in [6.07, 6.45) is 0. The van der Waals surface area contributed by atoms with E-state index in [1.54, 1.807) is 31.1 Å². The van der Waals surface area contributed by atoms with Crippen LogP contribution in [0.5, 0.6) is 5.75 Å². The number of methoxy groups -OCH3 is 1. The van der Waals surface area contributed by atoms with Crippen molar-refractivity contribution in [1.29, 1.82) is 0 Å². The molecule has 0 bridgehead atoms. The van der Waals surface area contributed by atoms with Gasteiger partial charge in [-0.05, 0) is 55.5 Å². The van der Waals surface area contributed by atoms with Gasteiger partial charge in [-0.25, -0.2) is 8.42 Å². The van der Waals surface area contributed by atoms with Gasteiger partial charge in [-0.1, -0.05) is 15.9 Å². The molecule has 1 atom stereocenters. The maximum atomic E-state index is 12.7. The minimum Gasteiger partial charge on any atom is -0.497 e. The first kappa shape index (κ1) is 21.6. The number of halogens is 1. The van der Waals surface area contributed by atoms with Crippen molar-refractivity contribution < 1.29 is 17.9 Å². The Hall–Kier alpha value is -2.10. The van der Waals surface area contributed by atoms with Gasteiger partial charge in [0, 0.05) is 36.3 Å². The number of anilines is 1. The highest BCUT2D eigenvalue weighted by molar-refractivity contribution is 9.10. The molecule has 0 radical (unpaired) electrons. The first-order valence-electron chi connectivity index (χ1n) is 9.26. The minimum atomic E-state index is -3.76. The number of amides is 1. The Bertz CT molecular complexity index is 941. The van der Waals surface area contributed by atoms with Crippen molar-refractivity contribution in [2.75, 3.05) is 38.2 Å². The fourth-order valence-corrected chi connectivity index (χ4v) is 4.68. The first-order chi connectivity index (χ1) is 13.8. The van der Waals surface area contributed by atoms with Crippen molar-refractivity contribution in [2.45, 2.75) is 17.9 Å². The zero-order chi connectivity index (χ0) is 21.0. The average molecular weight is 482 g/mol. The van der Waals surface area contributed by atoms with Gasteiger partial charge in [-0.2, -0.15) is 4.72 Å². The van der Waals surface area contributed by atoms with Crippen LogP contribution in [0.25, 0.3) is 0 Å². The molecule has 1 amide bonds. The van der Waals surface area contributed by atoms with Crippen molar-refractivity contribution >= 4 is 37.5 Å². The largest absolute Gasteiger partial charge is 0.497 e. The van der Waals surface area contributed by atoms with E-state index in [4.69, 9.17) is 4.74 Å². The Morgan fingerprint density at radius 3 is 2.17 bits per heavy atom. The molecule has 1 aliphatic rings. The van der Waals surface area contributed by atoms with Crippen LogP contribution in [0.1, 0.15) is 6.92 Å². The molecule has 156 valence electrons. The molecule has 0 aliphatic carbocycles. The molecular formula is C20H24BrN3O4S. The Balaban J connectivity index is 1.57. The maximum absolute atomic E-state index is 12.7. The van der Waals surface area contributed by atoms with Crippen molar-refractivity contribution in [3.63, 3.8) is 0 Å². The molecule has 1 heterocycles. The van der Waals surface area contributed by atoms with Gasteiger partial charge in [0.15, 0.2) is 0 Å². The second-order valence-electron chi connectivity index (χ2n) is 6.81. The minimum absolute atomic E-state index is 0.129. The summed E-state index contributed by atoms with van der Waals surface area (Å²) in [5, 5.41) is 0. The lowest BCUT2D eigenvalue weighted by atomic mass is 10.2. The molecule has 0 unspecified atom stereocenters. The summed E-state index contributed by atoms with van der Waals surface area (Å²) in [5.41, 5.74) is 1.07. The maximum Gasteiger partial charge on any atom is 0.241 e. The number of piperazine rings is 1. The van der Waals surface area contributed by atoms with Crippen LogP contribution >= 0.6 is 15.9 Å². The summed E-state index contributed by atoms with van der Waals surface area (Å²) in [6.45, 7) is 4.02. The van der Waals surface area contributed by atoms with Crippen LogP contribution in [0.4, 0.5) is 5.69 Å². The highest BCUT2D eigenvalue weighted by Crippen LogP contribution is 2.21. The summed E-state index contributed by atoms with van der Waals surface area (Å²) < 4.78 is 33.5. The molecule has 1 aliphatic heterocycles. The van der Waals surface area contributed by atoms with Gasteiger partial charge in [-0.15, -0.1) is 0 Å². The van der Waals surface area contributed by atoms with Crippen LogP contribution in [-0.4, -0.2) is 58.6 Å². The lowest BCUT2D eigenvalue weighted by molar-refractivity contribution is -0.132. The molecule has 0 saturated carbocycles. The van der Waals surface area contributed by atoms with Gasteiger partial charge in [0.2, 0.25) is 15.9 Å². The predicted octanol–water partition coefficient (Wildman–Crippen LogP) is 2.47. The van der Waals surface area contributed by atoms with Gasteiger partial charge in [0.25, 0.3) is 0 Å². The van der Waals surface area contributed by atoms with Gasteiger partial charge < -0.3 is 14.5 Å². The number of benzene rings is 2. The lowest BCUT2D eigenvalue weighted by Crippen LogP contribution is -2.54. The van der Waals surface area contributed by atoms with E-state index in [2.05, 4.69) is 25.6 Å². The lowest BCUT2D eigenvalue weighted by Gasteiger charge is -2.37. The van der Waals surface area contributed by atoms with E-state index in [1.807, 2.05) is 24.3 Å². The summed E-state index contributed by atoms with van der Waals surface area (Å²) in [7, 11) is -2.13. The van der Waals surface area contributed by atoms with Crippen LogP contribution in [-0.2, 0) is 14.8 Å². The van der Waals surface area contributed by atoms with Gasteiger partial charge in [0.1, 0.15) is 5.75 Å². The second kappa shape index (κ2) is 9.15.